The smallest absolute Gasteiger partial charge is 0.276 e. The molecule has 2 rings (SSSR count). The lowest BCUT2D eigenvalue weighted by molar-refractivity contribution is -0.110. The molecule has 0 fully saturated rings. The van der Waals surface area contributed by atoms with Crippen LogP contribution in [0.15, 0.2) is 23.3 Å². The van der Waals surface area contributed by atoms with Crippen molar-refractivity contribution in [1.82, 2.24) is 0 Å². The van der Waals surface area contributed by atoms with Gasteiger partial charge < -0.3 is 11.2 Å². The van der Waals surface area contributed by atoms with Crippen LogP contribution < -0.4 is 11.2 Å². The third-order valence-electron chi connectivity index (χ3n) is 1.83. The Morgan fingerprint density at radius 1 is 1.46 bits per heavy atom. The fraction of sp³-hybridized carbons (Fsp3) is 0. The lowest BCUT2D eigenvalue weighted by Crippen LogP contribution is -2.15. The predicted molar refractivity (Wildman–Crippen MR) is 45.8 cm³/mol. The zero-order chi connectivity index (χ0) is 9.42. The molecule has 4 nitrogen and oxygen atoms in total. The number of nitrogens with two attached hydrogens (primary N) is 1. The van der Waals surface area contributed by atoms with E-state index in [0.29, 0.717) is 11.3 Å². The number of nitrogens with zero attached hydrogens (tertiary/aromatic N) is 1. The van der Waals surface area contributed by atoms with Gasteiger partial charge in [-0.2, -0.15) is 5.10 Å². The summed E-state index contributed by atoms with van der Waals surface area (Å²) in [6.45, 7) is 0. The standard InChI is InChI=1S/C8H6FN3O/c9-4-1-2-6-5(3-4)7(12-10)8(13)11-6/h1-3H,10H2,(H,11,12,13). The third kappa shape index (κ3) is 1.05. The third-order valence-corrected chi connectivity index (χ3v) is 1.83. The molecule has 1 amide bonds. The van der Waals surface area contributed by atoms with E-state index in [1.54, 1.807) is 0 Å². The zero-order valence-corrected chi connectivity index (χ0v) is 6.54. The van der Waals surface area contributed by atoms with Crippen LogP contribution in [0, 0.1) is 5.82 Å². The fourth-order valence-electron chi connectivity index (χ4n) is 1.25. The van der Waals surface area contributed by atoms with E-state index < -0.39 is 11.7 Å². The number of hydrogen-bond donors (Lipinski definition) is 2. The molecule has 1 aliphatic rings. The average molecular weight is 179 g/mol. The van der Waals surface area contributed by atoms with Gasteiger partial charge in [-0.25, -0.2) is 4.39 Å². The summed E-state index contributed by atoms with van der Waals surface area (Å²) in [5.41, 5.74) is 1.01. The highest BCUT2D eigenvalue weighted by atomic mass is 19.1. The Balaban J connectivity index is 2.63. The van der Waals surface area contributed by atoms with Crippen LogP contribution in [0.1, 0.15) is 5.56 Å². The van der Waals surface area contributed by atoms with Gasteiger partial charge in [-0.3, -0.25) is 4.79 Å². The molecule has 5 heteroatoms. The summed E-state index contributed by atoms with van der Waals surface area (Å²) in [6, 6.07) is 3.96. The molecule has 0 unspecified atom stereocenters. The van der Waals surface area contributed by atoms with Gasteiger partial charge in [-0.1, -0.05) is 0 Å². The molecule has 1 heterocycles. The quantitative estimate of drug-likeness (QED) is 0.448. The van der Waals surface area contributed by atoms with Crippen molar-refractivity contribution in [3.05, 3.63) is 29.6 Å². The molecule has 66 valence electrons. The minimum Gasteiger partial charge on any atom is -0.322 e. The second-order valence-electron chi connectivity index (χ2n) is 2.62. The molecule has 3 N–H and O–H groups in total. The summed E-state index contributed by atoms with van der Waals surface area (Å²) in [4.78, 5) is 11.1. The Kier molecular flexibility index (Phi) is 1.51. The van der Waals surface area contributed by atoms with E-state index in [-0.39, 0.29) is 5.71 Å². The van der Waals surface area contributed by atoms with Crippen LogP contribution in [0.2, 0.25) is 0 Å². The molecule has 0 bridgehead atoms. The van der Waals surface area contributed by atoms with Gasteiger partial charge in [-0.05, 0) is 18.2 Å². The predicted octanol–water partition coefficient (Wildman–Crippen LogP) is 0.441. The van der Waals surface area contributed by atoms with Crippen molar-refractivity contribution < 1.29 is 9.18 Å². The Morgan fingerprint density at radius 2 is 2.23 bits per heavy atom. The summed E-state index contributed by atoms with van der Waals surface area (Å²) < 4.78 is 12.8. The number of nitrogens with one attached hydrogen (secondary N) is 1. The SMILES string of the molecule is N/N=C1\C(=O)Nc2ccc(F)cc21. The number of hydrogen-bond acceptors (Lipinski definition) is 3. The molecule has 0 saturated carbocycles. The van der Waals surface area contributed by atoms with Crippen molar-refractivity contribution in [2.45, 2.75) is 0 Å². The van der Waals surface area contributed by atoms with Crippen LogP contribution in [0.3, 0.4) is 0 Å². The number of amides is 1. The Morgan fingerprint density at radius 3 is 2.92 bits per heavy atom. The lowest BCUT2D eigenvalue weighted by atomic mass is 10.1. The van der Waals surface area contributed by atoms with Gasteiger partial charge in [0.15, 0.2) is 5.71 Å². The second kappa shape index (κ2) is 2.55. The van der Waals surface area contributed by atoms with E-state index in [9.17, 15) is 9.18 Å². The number of carbonyl (C=O) groups is 1. The van der Waals surface area contributed by atoms with E-state index >= 15 is 0 Å². The largest absolute Gasteiger partial charge is 0.322 e. The minimum atomic E-state index is -0.420. The molecule has 0 aliphatic carbocycles. The average Bonchev–Trinajstić information content (AvgIpc) is 2.40. The lowest BCUT2D eigenvalue weighted by Gasteiger charge is -1.95. The highest BCUT2D eigenvalue weighted by molar-refractivity contribution is 6.53. The summed E-state index contributed by atoms with van der Waals surface area (Å²) in [5.74, 6) is 4.17. The van der Waals surface area contributed by atoms with Gasteiger partial charge in [0.25, 0.3) is 5.91 Å². The number of hydrazone groups is 1. The van der Waals surface area contributed by atoms with Gasteiger partial charge in [-0.15, -0.1) is 0 Å². The number of rotatable bonds is 0. The molecule has 0 atom stereocenters. The van der Waals surface area contributed by atoms with Crippen molar-refractivity contribution in [3.63, 3.8) is 0 Å². The van der Waals surface area contributed by atoms with Gasteiger partial charge in [0.05, 0.1) is 5.69 Å². The van der Waals surface area contributed by atoms with Crippen LogP contribution in [-0.4, -0.2) is 11.6 Å². The van der Waals surface area contributed by atoms with Crippen LogP contribution in [0.25, 0.3) is 0 Å². The summed E-state index contributed by atoms with van der Waals surface area (Å²) in [7, 11) is 0. The number of fused-ring (bicyclic) bond motifs is 1. The van der Waals surface area contributed by atoms with Crippen LogP contribution in [0.5, 0.6) is 0 Å². The molecular weight excluding hydrogens is 173 g/mol. The van der Waals surface area contributed by atoms with E-state index in [1.165, 1.54) is 18.2 Å². The maximum Gasteiger partial charge on any atom is 0.276 e. The first-order valence-electron chi connectivity index (χ1n) is 3.61. The highest BCUT2D eigenvalue weighted by Gasteiger charge is 2.25. The molecular formula is C8H6FN3O. The molecule has 1 aromatic carbocycles. The number of benzene rings is 1. The maximum atomic E-state index is 12.8. The summed E-state index contributed by atoms with van der Waals surface area (Å²) in [5, 5.41) is 5.80. The van der Waals surface area contributed by atoms with Crippen LogP contribution >= 0.6 is 0 Å². The van der Waals surface area contributed by atoms with Crippen LogP contribution in [-0.2, 0) is 4.79 Å². The molecule has 1 aliphatic heterocycles. The first-order chi connectivity index (χ1) is 6.22. The summed E-state index contributed by atoms with van der Waals surface area (Å²) >= 11 is 0. The Bertz CT molecular complexity index is 414. The van der Waals surface area contributed by atoms with Crippen molar-refractivity contribution in [1.29, 1.82) is 0 Å². The Hall–Kier alpha value is -1.91. The van der Waals surface area contributed by atoms with Crippen molar-refractivity contribution >= 4 is 17.3 Å². The molecule has 0 radical (unpaired) electrons. The fourth-order valence-corrected chi connectivity index (χ4v) is 1.25. The van der Waals surface area contributed by atoms with Crippen molar-refractivity contribution in [2.75, 3.05) is 5.32 Å². The van der Waals surface area contributed by atoms with E-state index in [2.05, 4.69) is 10.4 Å². The van der Waals surface area contributed by atoms with Crippen LogP contribution in [0.4, 0.5) is 10.1 Å². The molecule has 1 aromatic rings. The van der Waals surface area contributed by atoms with E-state index in [0.717, 1.165) is 0 Å². The van der Waals surface area contributed by atoms with Gasteiger partial charge in [0, 0.05) is 5.56 Å². The number of carbonyl (C=O) groups excluding carboxylic acids is 1. The number of anilines is 1. The topological polar surface area (TPSA) is 67.5 Å². The van der Waals surface area contributed by atoms with Gasteiger partial charge >= 0.3 is 0 Å². The normalized spacial score (nSPS) is 17.3. The zero-order valence-electron chi connectivity index (χ0n) is 6.54. The minimum absolute atomic E-state index is 0.0644. The van der Waals surface area contributed by atoms with Gasteiger partial charge in [0.1, 0.15) is 5.82 Å². The molecule has 0 spiro atoms. The molecule has 13 heavy (non-hydrogen) atoms. The highest BCUT2D eigenvalue weighted by Crippen LogP contribution is 2.23. The number of halogens is 1. The molecule has 0 saturated heterocycles. The first-order valence-corrected chi connectivity index (χ1v) is 3.61. The van der Waals surface area contributed by atoms with E-state index in [4.69, 9.17) is 5.84 Å². The second-order valence-corrected chi connectivity index (χ2v) is 2.62. The first kappa shape index (κ1) is 7.72. The van der Waals surface area contributed by atoms with E-state index in [1.807, 2.05) is 0 Å². The Labute approximate surface area is 73.2 Å². The summed E-state index contributed by atoms with van der Waals surface area (Å²) in [6.07, 6.45) is 0. The maximum absolute atomic E-state index is 12.8. The van der Waals surface area contributed by atoms with Crippen molar-refractivity contribution in [3.8, 4) is 0 Å². The van der Waals surface area contributed by atoms with Crippen molar-refractivity contribution in [2.24, 2.45) is 10.9 Å². The monoisotopic (exact) mass is 179 g/mol. The molecule has 0 aromatic heterocycles. The van der Waals surface area contributed by atoms with Gasteiger partial charge in [0.2, 0.25) is 0 Å².